The molecule has 66 valence electrons. The molecule has 0 amide bonds. The van der Waals surface area contributed by atoms with Crippen molar-refractivity contribution in [3.8, 4) is 0 Å². The van der Waals surface area contributed by atoms with Gasteiger partial charge in [-0.25, -0.2) is 5.48 Å². The van der Waals surface area contributed by atoms with Crippen LogP contribution in [0.15, 0.2) is 11.8 Å². The Morgan fingerprint density at radius 2 is 2.33 bits per heavy atom. The molecule has 1 rings (SSSR count). The van der Waals surface area contributed by atoms with Crippen molar-refractivity contribution in [2.24, 2.45) is 0 Å². The molecule has 0 aromatic carbocycles. The smallest absolute Gasteiger partial charge is 0.329 e. The zero-order chi connectivity index (χ0) is 8.97. The fourth-order valence-corrected chi connectivity index (χ4v) is 0.945. The summed E-state index contributed by atoms with van der Waals surface area (Å²) in [5.74, 6) is -0.156. The summed E-state index contributed by atoms with van der Waals surface area (Å²) in [6.07, 6.45) is 3.34. The second kappa shape index (κ2) is 3.90. The van der Waals surface area contributed by atoms with Crippen LogP contribution in [-0.4, -0.2) is 11.8 Å². The molecule has 0 aromatic rings. The minimum atomic E-state index is -0.382. The molecule has 0 aromatic heterocycles. The maximum atomic E-state index is 10.8. The number of Topliss-reactive ketones (excluding diaryl/α,β-unsaturated/α-hetero) is 1. The lowest BCUT2D eigenvalue weighted by Crippen LogP contribution is -2.20. The first-order valence-electron chi connectivity index (χ1n) is 3.82. The van der Waals surface area contributed by atoms with E-state index in [1.807, 2.05) is 0 Å². The quantitative estimate of drug-likeness (QED) is 0.618. The molecule has 0 saturated heterocycles. The lowest BCUT2D eigenvalue weighted by molar-refractivity contribution is -0.146. The lowest BCUT2D eigenvalue weighted by Gasteiger charge is -2.12. The van der Waals surface area contributed by atoms with Gasteiger partial charge < -0.3 is 4.84 Å². The van der Waals surface area contributed by atoms with Crippen LogP contribution in [-0.2, 0) is 14.4 Å². The Morgan fingerprint density at radius 3 is 2.83 bits per heavy atom. The van der Waals surface area contributed by atoms with Crippen molar-refractivity contribution in [3.05, 3.63) is 11.8 Å². The zero-order valence-corrected chi connectivity index (χ0v) is 6.92. The Balaban J connectivity index is 2.33. The van der Waals surface area contributed by atoms with Gasteiger partial charge in [-0.05, 0) is 6.42 Å². The van der Waals surface area contributed by atoms with E-state index in [4.69, 9.17) is 0 Å². The molecular formula is C8H11NO3. The first-order chi connectivity index (χ1) is 5.68. The van der Waals surface area contributed by atoms with Crippen molar-refractivity contribution in [1.82, 2.24) is 5.48 Å². The Morgan fingerprint density at radius 1 is 1.58 bits per heavy atom. The zero-order valence-electron chi connectivity index (χ0n) is 6.92. The normalized spacial score (nSPS) is 16.8. The summed E-state index contributed by atoms with van der Waals surface area (Å²) in [5.41, 5.74) is 3.31. The third kappa shape index (κ3) is 2.74. The fraction of sp³-hybridized carbons (Fsp3) is 0.500. The highest BCUT2D eigenvalue weighted by Gasteiger charge is 2.10. The average molecular weight is 169 g/mol. The number of carbonyl (C=O) groups excluding carboxylic acids is 2. The second-order valence-electron chi connectivity index (χ2n) is 2.67. The van der Waals surface area contributed by atoms with Gasteiger partial charge in [0.05, 0.1) is 0 Å². The number of allylic oxidation sites excluding steroid dienone is 2. The first kappa shape index (κ1) is 8.77. The molecule has 0 aliphatic heterocycles. The van der Waals surface area contributed by atoms with Crippen LogP contribution in [0, 0.1) is 0 Å². The van der Waals surface area contributed by atoms with Crippen LogP contribution >= 0.6 is 0 Å². The molecule has 0 unspecified atom stereocenters. The summed E-state index contributed by atoms with van der Waals surface area (Å²) in [6, 6.07) is 0. The largest absolute Gasteiger partial charge is 0.344 e. The van der Waals surface area contributed by atoms with Crippen LogP contribution in [0.25, 0.3) is 0 Å². The molecule has 4 nitrogen and oxygen atoms in total. The van der Waals surface area contributed by atoms with Crippen LogP contribution in [0.4, 0.5) is 0 Å². The number of nitrogens with one attached hydrogen (secondary N) is 1. The first-order valence-corrected chi connectivity index (χ1v) is 3.82. The molecule has 0 spiro atoms. The van der Waals surface area contributed by atoms with E-state index in [1.165, 1.54) is 6.92 Å². The van der Waals surface area contributed by atoms with E-state index < -0.39 is 0 Å². The summed E-state index contributed by atoms with van der Waals surface area (Å²) in [5, 5.41) is 0. The van der Waals surface area contributed by atoms with Crippen molar-refractivity contribution in [2.75, 3.05) is 0 Å². The second-order valence-corrected chi connectivity index (χ2v) is 2.67. The van der Waals surface area contributed by atoms with Gasteiger partial charge in [0.25, 0.3) is 0 Å². The summed E-state index contributed by atoms with van der Waals surface area (Å²) >= 11 is 0. The lowest BCUT2D eigenvalue weighted by atomic mass is 10.0. The van der Waals surface area contributed by atoms with Crippen molar-refractivity contribution in [2.45, 2.75) is 26.2 Å². The van der Waals surface area contributed by atoms with Gasteiger partial charge in [-0.15, -0.1) is 0 Å². The minimum Gasteiger partial charge on any atom is -0.344 e. The highest BCUT2D eigenvalue weighted by molar-refractivity contribution is 5.81. The average Bonchev–Trinajstić information content (AvgIpc) is 2.03. The Kier molecular flexibility index (Phi) is 2.85. The number of hydrogen-bond acceptors (Lipinski definition) is 4. The number of rotatable bonds is 2. The summed E-state index contributed by atoms with van der Waals surface area (Å²) < 4.78 is 0. The number of carbonyl (C=O) groups is 2. The van der Waals surface area contributed by atoms with Gasteiger partial charge in [-0.3, -0.25) is 9.59 Å². The van der Waals surface area contributed by atoms with E-state index >= 15 is 0 Å². The van der Waals surface area contributed by atoms with Crippen LogP contribution in [0.5, 0.6) is 0 Å². The third-order valence-corrected chi connectivity index (χ3v) is 1.58. The molecule has 0 bridgehead atoms. The molecule has 1 aliphatic rings. The molecule has 12 heavy (non-hydrogen) atoms. The monoisotopic (exact) mass is 169 g/mol. The van der Waals surface area contributed by atoms with Gasteiger partial charge in [-0.1, -0.05) is 6.08 Å². The Hall–Kier alpha value is -1.32. The molecule has 0 radical (unpaired) electrons. The SMILES string of the molecule is CC(=O)ONC1=CCC(=O)CC1. The van der Waals surface area contributed by atoms with Gasteiger partial charge in [0.15, 0.2) is 0 Å². The van der Waals surface area contributed by atoms with Crippen LogP contribution in [0.1, 0.15) is 26.2 Å². The van der Waals surface area contributed by atoms with Crippen molar-refractivity contribution >= 4 is 11.8 Å². The molecular weight excluding hydrogens is 158 g/mol. The van der Waals surface area contributed by atoms with Crippen molar-refractivity contribution in [3.63, 3.8) is 0 Å². The maximum absolute atomic E-state index is 10.8. The van der Waals surface area contributed by atoms with Gasteiger partial charge in [0.2, 0.25) is 0 Å². The van der Waals surface area contributed by atoms with E-state index in [0.717, 1.165) is 5.70 Å². The molecule has 1 aliphatic carbocycles. The van der Waals surface area contributed by atoms with E-state index in [2.05, 4.69) is 10.3 Å². The highest BCUT2D eigenvalue weighted by atomic mass is 16.7. The van der Waals surface area contributed by atoms with Gasteiger partial charge in [0, 0.05) is 25.5 Å². The van der Waals surface area contributed by atoms with Gasteiger partial charge in [0.1, 0.15) is 5.78 Å². The Bertz CT molecular complexity index is 232. The van der Waals surface area contributed by atoms with Crippen LogP contribution in [0.3, 0.4) is 0 Å². The maximum Gasteiger partial charge on any atom is 0.329 e. The standard InChI is InChI=1S/C8H11NO3/c1-6(10)12-9-7-2-4-8(11)5-3-7/h2,9H,3-5H2,1H3. The minimum absolute atomic E-state index is 0.225. The van der Waals surface area contributed by atoms with Crippen molar-refractivity contribution < 1.29 is 14.4 Å². The topological polar surface area (TPSA) is 55.4 Å². The summed E-state index contributed by atoms with van der Waals surface area (Å²) in [7, 11) is 0. The van der Waals surface area contributed by atoms with Crippen molar-refractivity contribution in [1.29, 1.82) is 0 Å². The Labute approximate surface area is 70.5 Å². The number of ketones is 1. The summed E-state index contributed by atoms with van der Waals surface area (Å²) in [6.45, 7) is 1.32. The fourth-order valence-electron chi connectivity index (χ4n) is 0.945. The molecule has 0 heterocycles. The third-order valence-electron chi connectivity index (χ3n) is 1.58. The molecule has 0 saturated carbocycles. The predicted octanol–water partition coefficient (Wildman–Crippen LogP) is 0.691. The van der Waals surface area contributed by atoms with E-state index in [-0.39, 0.29) is 11.8 Å². The van der Waals surface area contributed by atoms with E-state index in [9.17, 15) is 9.59 Å². The van der Waals surface area contributed by atoms with Gasteiger partial charge >= 0.3 is 5.97 Å². The van der Waals surface area contributed by atoms with Gasteiger partial charge in [-0.2, -0.15) is 0 Å². The molecule has 0 fully saturated rings. The van der Waals surface area contributed by atoms with E-state index in [0.29, 0.717) is 19.3 Å². The van der Waals surface area contributed by atoms with Crippen LogP contribution in [0.2, 0.25) is 0 Å². The molecule has 0 atom stereocenters. The van der Waals surface area contributed by atoms with Crippen LogP contribution < -0.4 is 5.48 Å². The van der Waals surface area contributed by atoms with E-state index in [1.54, 1.807) is 6.08 Å². The molecule has 1 N–H and O–H groups in total. The molecule has 4 heteroatoms. The predicted molar refractivity (Wildman–Crippen MR) is 41.8 cm³/mol. The number of hydroxylamine groups is 1. The summed E-state index contributed by atoms with van der Waals surface area (Å²) in [4.78, 5) is 25.7. The highest BCUT2D eigenvalue weighted by Crippen LogP contribution is 2.11. The number of hydrogen-bond donors (Lipinski definition) is 1.